The van der Waals surface area contributed by atoms with Gasteiger partial charge in [-0.2, -0.15) is 0 Å². The highest BCUT2D eigenvalue weighted by atomic mass is 16.2. The lowest BCUT2D eigenvalue weighted by Crippen LogP contribution is -2.35. The van der Waals surface area contributed by atoms with Gasteiger partial charge in [-0.05, 0) is 45.1 Å². The van der Waals surface area contributed by atoms with Crippen molar-refractivity contribution in [2.24, 2.45) is 0 Å². The minimum Gasteiger partial charge on any atom is -0.343 e. The maximum absolute atomic E-state index is 12.8. The lowest BCUT2D eigenvalue weighted by Gasteiger charge is -2.26. The minimum absolute atomic E-state index is 0.115. The second-order valence-electron chi connectivity index (χ2n) is 7.55. The van der Waals surface area contributed by atoms with Crippen LogP contribution in [0.15, 0.2) is 18.2 Å². The van der Waals surface area contributed by atoms with E-state index < -0.39 is 0 Å². The first-order valence-electron chi connectivity index (χ1n) is 10.1. The molecular formula is C22H34N2O2. The summed E-state index contributed by atoms with van der Waals surface area (Å²) in [5, 5.41) is 0. The summed E-state index contributed by atoms with van der Waals surface area (Å²) < 4.78 is 0. The normalized spacial score (nSPS) is 16.8. The molecule has 1 heterocycles. The third-order valence-electron chi connectivity index (χ3n) is 5.09. The summed E-state index contributed by atoms with van der Waals surface area (Å²) in [5.41, 5.74) is 3.71. The molecule has 1 aromatic rings. The molecule has 1 unspecified atom stereocenters. The molecule has 0 aliphatic carbocycles. The smallest absolute Gasteiger partial charge is 0.223 e. The molecular weight excluding hydrogens is 324 g/mol. The summed E-state index contributed by atoms with van der Waals surface area (Å²) in [6.07, 6.45) is 4.62. The summed E-state index contributed by atoms with van der Waals surface area (Å²) in [7, 11) is 0. The number of carbonyl (C=O) groups excluding carboxylic acids is 2. The average Bonchev–Trinajstić information content (AvgIpc) is 3.08. The Bertz CT molecular complexity index is 600. The molecule has 0 radical (unpaired) electrons. The number of nitrogens with zero attached hydrogens (tertiary/aromatic N) is 2. The number of carbonyl (C=O) groups is 2. The molecule has 1 saturated heterocycles. The van der Waals surface area contributed by atoms with Gasteiger partial charge in [0.05, 0.1) is 6.04 Å². The van der Waals surface area contributed by atoms with Gasteiger partial charge < -0.3 is 9.80 Å². The van der Waals surface area contributed by atoms with E-state index in [0.29, 0.717) is 12.8 Å². The molecule has 1 aliphatic rings. The van der Waals surface area contributed by atoms with Gasteiger partial charge in [0.15, 0.2) is 0 Å². The molecule has 2 rings (SSSR count). The van der Waals surface area contributed by atoms with Crippen molar-refractivity contribution in [2.45, 2.75) is 72.3 Å². The van der Waals surface area contributed by atoms with Crippen molar-refractivity contribution in [3.05, 3.63) is 34.9 Å². The van der Waals surface area contributed by atoms with Gasteiger partial charge in [0, 0.05) is 32.5 Å². The summed E-state index contributed by atoms with van der Waals surface area (Å²) in [5.74, 6) is 0.233. The van der Waals surface area contributed by atoms with E-state index in [-0.39, 0.29) is 17.9 Å². The molecule has 26 heavy (non-hydrogen) atoms. The highest BCUT2D eigenvalue weighted by Gasteiger charge is 2.30. The predicted octanol–water partition coefficient (Wildman–Crippen LogP) is 4.40. The van der Waals surface area contributed by atoms with Crippen LogP contribution in [-0.4, -0.2) is 41.2 Å². The maximum Gasteiger partial charge on any atom is 0.223 e. The fraction of sp³-hybridized carbons (Fsp3) is 0.636. The largest absolute Gasteiger partial charge is 0.343 e. The van der Waals surface area contributed by atoms with Crippen LogP contribution in [0, 0.1) is 13.8 Å². The highest BCUT2D eigenvalue weighted by molar-refractivity contribution is 5.84. The summed E-state index contributed by atoms with van der Waals surface area (Å²) in [4.78, 5) is 29.1. The van der Waals surface area contributed by atoms with Crippen LogP contribution in [-0.2, 0) is 9.59 Å². The molecule has 0 spiro atoms. The molecule has 0 aromatic heterocycles. The molecule has 0 bridgehead atoms. The summed E-state index contributed by atoms with van der Waals surface area (Å²) >= 11 is 0. The Labute approximate surface area is 158 Å². The van der Waals surface area contributed by atoms with E-state index >= 15 is 0 Å². The predicted molar refractivity (Wildman–Crippen MR) is 106 cm³/mol. The van der Waals surface area contributed by atoms with Crippen molar-refractivity contribution in [3.8, 4) is 0 Å². The third-order valence-corrected chi connectivity index (χ3v) is 5.09. The van der Waals surface area contributed by atoms with Gasteiger partial charge in [-0.15, -0.1) is 0 Å². The van der Waals surface area contributed by atoms with Crippen molar-refractivity contribution >= 4 is 11.8 Å². The first-order chi connectivity index (χ1) is 12.5. The van der Waals surface area contributed by atoms with Crippen LogP contribution in [0.4, 0.5) is 0 Å². The number of aryl methyl sites for hydroxylation is 2. The number of hydrogen-bond acceptors (Lipinski definition) is 2. The van der Waals surface area contributed by atoms with Crippen molar-refractivity contribution in [3.63, 3.8) is 0 Å². The zero-order valence-electron chi connectivity index (χ0n) is 16.9. The zero-order valence-corrected chi connectivity index (χ0v) is 16.9. The first-order valence-corrected chi connectivity index (χ1v) is 10.1. The van der Waals surface area contributed by atoms with Gasteiger partial charge in [0.2, 0.25) is 11.8 Å². The quantitative estimate of drug-likeness (QED) is 0.691. The molecule has 4 heteroatoms. The summed E-state index contributed by atoms with van der Waals surface area (Å²) in [6, 6.07) is 6.72. The van der Waals surface area contributed by atoms with Gasteiger partial charge in [-0.1, -0.05) is 43.2 Å². The molecule has 144 valence electrons. The van der Waals surface area contributed by atoms with E-state index in [4.69, 9.17) is 0 Å². The Balaban J connectivity index is 1.98. The number of hydrogen-bond donors (Lipinski definition) is 0. The van der Waals surface area contributed by atoms with Crippen LogP contribution in [0.5, 0.6) is 0 Å². The lowest BCUT2D eigenvalue weighted by molar-refractivity contribution is -0.137. The molecule has 1 aliphatic heterocycles. The minimum atomic E-state index is 0.115. The van der Waals surface area contributed by atoms with Crippen molar-refractivity contribution in [1.29, 1.82) is 0 Å². The Kier molecular flexibility index (Phi) is 7.67. The van der Waals surface area contributed by atoms with E-state index in [0.717, 1.165) is 45.3 Å². The van der Waals surface area contributed by atoms with E-state index in [2.05, 4.69) is 45.9 Å². The van der Waals surface area contributed by atoms with Crippen LogP contribution in [0.3, 0.4) is 0 Å². The average molecular weight is 359 g/mol. The van der Waals surface area contributed by atoms with Crippen LogP contribution in [0.2, 0.25) is 0 Å². The standard InChI is InChI=1S/C22H34N2O2/c1-5-11-23(12-6-2)21(25)9-10-22(26)24-13-7-8-20(24)19-15-17(3)14-18(4)16-19/h14-16,20H,5-13H2,1-4H3. The number of rotatable bonds is 8. The SMILES string of the molecule is CCCN(CCC)C(=O)CCC(=O)N1CCCC1c1cc(C)cc(C)c1. The molecule has 2 amide bonds. The highest BCUT2D eigenvalue weighted by Crippen LogP contribution is 2.33. The topological polar surface area (TPSA) is 40.6 Å². The Morgan fingerprint density at radius 1 is 1.04 bits per heavy atom. The Hall–Kier alpha value is -1.84. The van der Waals surface area contributed by atoms with Crippen LogP contribution >= 0.6 is 0 Å². The van der Waals surface area contributed by atoms with E-state index in [1.54, 1.807) is 0 Å². The molecule has 1 aromatic carbocycles. The van der Waals surface area contributed by atoms with Crippen molar-refractivity contribution in [1.82, 2.24) is 9.80 Å². The number of benzene rings is 1. The van der Waals surface area contributed by atoms with Crippen LogP contribution < -0.4 is 0 Å². The molecule has 0 saturated carbocycles. The maximum atomic E-state index is 12.8. The van der Waals surface area contributed by atoms with Crippen molar-refractivity contribution < 1.29 is 9.59 Å². The summed E-state index contributed by atoms with van der Waals surface area (Å²) in [6.45, 7) is 10.8. The number of likely N-dealkylation sites (tertiary alicyclic amines) is 1. The van der Waals surface area contributed by atoms with Crippen LogP contribution in [0.1, 0.15) is 75.1 Å². The van der Waals surface area contributed by atoms with Gasteiger partial charge in [-0.25, -0.2) is 0 Å². The number of amides is 2. The molecule has 1 atom stereocenters. The van der Waals surface area contributed by atoms with Crippen molar-refractivity contribution in [2.75, 3.05) is 19.6 Å². The van der Waals surface area contributed by atoms with Gasteiger partial charge >= 0.3 is 0 Å². The van der Waals surface area contributed by atoms with E-state index in [9.17, 15) is 9.59 Å². The third kappa shape index (κ3) is 5.33. The molecule has 0 N–H and O–H groups in total. The molecule has 4 nitrogen and oxygen atoms in total. The van der Waals surface area contributed by atoms with Gasteiger partial charge in [-0.3, -0.25) is 9.59 Å². The first kappa shape index (κ1) is 20.5. The van der Waals surface area contributed by atoms with Crippen LogP contribution in [0.25, 0.3) is 0 Å². The molecule has 1 fully saturated rings. The lowest BCUT2D eigenvalue weighted by atomic mass is 9.99. The monoisotopic (exact) mass is 358 g/mol. The van der Waals surface area contributed by atoms with E-state index in [1.165, 1.54) is 16.7 Å². The Morgan fingerprint density at radius 3 is 2.23 bits per heavy atom. The fourth-order valence-corrected chi connectivity index (χ4v) is 4.03. The second kappa shape index (κ2) is 9.75. The van der Waals surface area contributed by atoms with Gasteiger partial charge in [0.25, 0.3) is 0 Å². The Morgan fingerprint density at radius 2 is 1.65 bits per heavy atom. The fourth-order valence-electron chi connectivity index (χ4n) is 4.03. The second-order valence-corrected chi connectivity index (χ2v) is 7.55. The van der Waals surface area contributed by atoms with E-state index in [1.807, 2.05) is 9.80 Å². The zero-order chi connectivity index (χ0) is 19.1. The van der Waals surface area contributed by atoms with Gasteiger partial charge in [0.1, 0.15) is 0 Å².